The molecule has 0 amide bonds. The third-order valence-electron chi connectivity index (χ3n) is 2.47. The second-order valence-electron chi connectivity index (χ2n) is 3.98. The maximum absolute atomic E-state index is 8.57. The zero-order valence-electron chi connectivity index (χ0n) is 10.2. The van der Waals surface area contributed by atoms with E-state index >= 15 is 0 Å². The SMILES string of the molecule is Cc1ccc(OCCc2nc(CC#N)cs2)cc1. The minimum atomic E-state index is 0.384. The number of nitriles is 1. The summed E-state index contributed by atoms with van der Waals surface area (Å²) in [4.78, 5) is 4.36. The molecule has 0 unspecified atom stereocenters. The maximum Gasteiger partial charge on any atom is 0.119 e. The second kappa shape index (κ2) is 6.18. The molecule has 0 saturated carbocycles. The van der Waals surface area contributed by atoms with Crippen molar-refractivity contribution in [2.45, 2.75) is 19.8 Å². The van der Waals surface area contributed by atoms with E-state index in [4.69, 9.17) is 10.00 Å². The van der Waals surface area contributed by atoms with Gasteiger partial charge in [0.05, 0.1) is 29.8 Å². The zero-order valence-corrected chi connectivity index (χ0v) is 11.0. The molecule has 1 heterocycles. The van der Waals surface area contributed by atoms with E-state index in [0.29, 0.717) is 13.0 Å². The molecule has 1 aromatic carbocycles. The smallest absolute Gasteiger partial charge is 0.119 e. The number of ether oxygens (including phenoxy) is 1. The number of benzene rings is 1. The lowest BCUT2D eigenvalue weighted by Crippen LogP contribution is -2.01. The van der Waals surface area contributed by atoms with Crippen LogP contribution in [0.3, 0.4) is 0 Å². The number of aryl methyl sites for hydroxylation is 1. The summed E-state index contributed by atoms with van der Waals surface area (Å²) >= 11 is 1.58. The molecule has 0 atom stereocenters. The lowest BCUT2D eigenvalue weighted by atomic mass is 10.2. The van der Waals surface area contributed by atoms with Crippen LogP contribution in [0, 0.1) is 18.3 Å². The molecule has 2 rings (SSSR count). The maximum atomic E-state index is 8.57. The first-order valence-corrected chi connectivity index (χ1v) is 6.65. The molecular formula is C14H14N2OS. The molecule has 92 valence electrons. The van der Waals surface area contributed by atoms with Gasteiger partial charge in [-0.15, -0.1) is 11.3 Å². The van der Waals surface area contributed by atoms with Crippen molar-refractivity contribution in [3.8, 4) is 11.8 Å². The first kappa shape index (κ1) is 12.6. The number of thiazole rings is 1. The Morgan fingerprint density at radius 3 is 2.83 bits per heavy atom. The topological polar surface area (TPSA) is 45.9 Å². The van der Waals surface area contributed by atoms with E-state index in [1.54, 1.807) is 11.3 Å². The first-order valence-electron chi connectivity index (χ1n) is 5.77. The quantitative estimate of drug-likeness (QED) is 0.827. The molecule has 0 spiro atoms. The molecule has 0 saturated heterocycles. The van der Waals surface area contributed by atoms with Gasteiger partial charge in [0.15, 0.2) is 0 Å². The van der Waals surface area contributed by atoms with Gasteiger partial charge in [0.25, 0.3) is 0 Å². The highest BCUT2D eigenvalue weighted by atomic mass is 32.1. The summed E-state index contributed by atoms with van der Waals surface area (Å²) in [6.07, 6.45) is 1.17. The standard InChI is InChI=1S/C14H14N2OS/c1-11-2-4-13(5-3-11)17-9-7-14-16-12(6-8-15)10-18-14/h2-5,10H,6-7,9H2,1H3. The van der Waals surface area contributed by atoms with Gasteiger partial charge in [-0.05, 0) is 19.1 Å². The molecule has 0 radical (unpaired) electrons. The van der Waals surface area contributed by atoms with Crippen LogP contribution in [0.5, 0.6) is 5.75 Å². The summed E-state index contributed by atoms with van der Waals surface area (Å²) in [6, 6.07) is 10.1. The van der Waals surface area contributed by atoms with E-state index in [9.17, 15) is 0 Å². The highest BCUT2D eigenvalue weighted by molar-refractivity contribution is 7.09. The minimum Gasteiger partial charge on any atom is -0.493 e. The summed E-state index contributed by atoms with van der Waals surface area (Å²) in [7, 11) is 0. The lowest BCUT2D eigenvalue weighted by molar-refractivity contribution is 0.321. The molecule has 0 aliphatic heterocycles. The van der Waals surface area contributed by atoms with Gasteiger partial charge >= 0.3 is 0 Å². The van der Waals surface area contributed by atoms with Gasteiger partial charge in [0, 0.05) is 11.8 Å². The predicted octanol–water partition coefficient (Wildman–Crippen LogP) is 3.14. The number of nitrogens with zero attached hydrogens (tertiary/aromatic N) is 2. The zero-order chi connectivity index (χ0) is 12.8. The van der Waals surface area contributed by atoms with Crippen LogP contribution >= 0.6 is 11.3 Å². The van der Waals surface area contributed by atoms with Crippen LogP contribution < -0.4 is 4.74 Å². The third kappa shape index (κ3) is 3.57. The van der Waals surface area contributed by atoms with Crippen molar-refractivity contribution in [3.05, 3.63) is 45.9 Å². The van der Waals surface area contributed by atoms with Crippen LogP contribution in [0.2, 0.25) is 0 Å². The van der Waals surface area contributed by atoms with Crippen LogP contribution in [0.25, 0.3) is 0 Å². The van der Waals surface area contributed by atoms with Crippen LogP contribution in [0.1, 0.15) is 16.3 Å². The third-order valence-corrected chi connectivity index (χ3v) is 3.42. The summed E-state index contributed by atoms with van der Waals surface area (Å²) in [5.74, 6) is 0.884. The molecule has 1 aromatic heterocycles. The molecule has 2 aromatic rings. The fourth-order valence-corrected chi connectivity index (χ4v) is 2.30. The van der Waals surface area contributed by atoms with E-state index in [1.165, 1.54) is 5.56 Å². The molecule has 0 aliphatic rings. The molecule has 0 bridgehead atoms. The number of rotatable bonds is 5. The summed E-state index contributed by atoms with van der Waals surface area (Å²) in [5, 5.41) is 11.5. The van der Waals surface area contributed by atoms with Gasteiger partial charge in [-0.25, -0.2) is 4.98 Å². The Bertz CT molecular complexity index is 540. The van der Waals surface area contributed by atoms with Gasteiger partial charge in [0.1, 0.15) is 5.75 Å². The number of aromatic nitrogens is 1. The number of hydrogen-bond donors (Lipinski definition) is 0. The Morgan fingerprint density at radius 2 is 2.11 bits per heavy atom. The largest absolute Gasteiger partial charge is 0.493 e. The summed E-state index contributed by atoms with van der Waals surface area (Å²) < 4.78 is 5.64. The molecule has 0 fully saturated rings. The molecular weight excluding hydrogens is 244 g/mol. The van der Waals surface area contributed by atoms with Crippen molar-refractivity contribution < 1.29 is 4.74 Å². The van der Waals surface area contributed by atoms with Crippen molar-refractivity contribution in [1.29, 1.82) is 5.26 Å². The van der Waals surface area contributed by atoms with Crippen molar-refractivity contribution >= 4 is 11.3 Å². The van der Waals surface area contributed by atoms with Gasteiger partial charge < -0.3 is 4.74 Å². The average Bonchev–Trinajstić information content (AvgIpc) is 2.80. The van der Waals surface area contributed by atoms with Crippen LogP contribution in [0.4, 0.5) is 0 Å². The Labute approximate surface area is 111 Å². The Hall–Kier alpha value is -1.86. The molecule has 18 heavy (non-hydrogen) atoms. The Morgan fingerprint density at radius 1 is 1.33 bits per heavy atom. The van der Waals surface area contributed by atoms with Crippen molar-refractivity contribution in [1.82, 2.24) is 4.98 Å². The van der Waals surface area contributed by atoms with E-state index in [-0.39, 0.29) is 0 Å². The van der Waals surface area contributed by atoms with Gasteiger partial charge in [-0.2, -0.15) is 5.26 Å². The monoisotopic (exact) mass is 258 g/mol. The second-order valence-corrected chi connectivity index (χ2v) is 4.92. The summed E-state index contributed by atoms with van der Waals surface area (Å²) in [5.41, 5.74) is 2.08. The fourth-order valence-electron chi connectivity index (χ4n) is 1.52. The van der Waals surface area contributed by atoms with Gasteiger partial charge in [-0.3, -0.25) is 0 Å². The Balaban J connectivity index is 1.81. The average molecular weight is 258 g/mol. The minimum absolute atomic E-state index is 0.384. The molecule has 0 N–H and O–H groups in total. The van der Waals surface area contributed by atoms with E-state index in [2.05, 4.69) is 18.0 Å². The predicted molar refractivity (Wildman–Crippen MR) is 71.8 cm³/mol. The Kier molecular flexibility index (Phi) is 4.32. The van der Waals surface area contributed by atoms with Crippen molar-refractivity contribution in [2.24, 2.45) is 0 Å². The van der Waals surface area contributed by atoms with Crippen LogP contribution in [0.15, 0.2) is 29.6 Å². The highest BCUT2D eigenvalue weighted by Gasteiger charge is 2.02. The fraction of sp³-hybridized carbons (Fsp3) is 0.286. The highest BCUT2D eigenvalue weighted by Crippen LogP contribution is 2.14. The van der Waals surface area contributed by atoms with E-state index in [1.807, 2.05) is 29.6 Å². The first-order chi connectivity index (χ1) is 8.78. The molecule has 3 nitrogen and oxygen atoms in total. The molecule has 4 heteroatoms. The van der Waals surface area contributed by atoms with Gasteiger partial charge in [-0.1, -0.05) is 17.7 Å². The van der Waals surface area contributed by atoms with Crippen LogP contribution in [-0.4, -0.2) is 11.6 Å². The normalized spacial score (nSPS) is 10.0. The van der Waals surface area contributed by atoms with Gasteiger partial charge in [0.2, 0.25) is 0 Å². The number of hydrogen-bond acceptors (Lipinski definition) is 4. The van der Waals surface area contributed by atoms with Crippen LogP contribution in [-0.2, 0) is 12.8 Å². The van der Waals surface area contributed by atoms with E-state index < -0.39 is 0 Å². The van der Waals surface area contributed by atoms with E-state index in [0.717, 1.165) is 22.9 Å². The summed E-state index contributed by atoms with van der Waals surface area (Å²) in [6.45, 7) is 2.67. The lowest BCUT2D eigenvalue weighted by Gasteiger charge is -2.04. The van der Waals surface area contributed by atoms with Crippen molar-refractivity contribution in [2.75, 3.05) is 6.61 Å². The van der Waals surface area contributed by atoms with Crippen molar-refractivity contribution in [3.63, 3.8) is 0 Å². The molecule has 0 aliphatic carbocycles.